The summed E-state index contributed by atoms with van der Waals surface area (Å²) in [6.45, 7) is 1.59. The molecule has 0 radical (unpaired) electrons. The van der Waals surface area contributed by atoms with Crippen LogP contribution in [0.3, 0.4) is 0 Å². The molecule has 1 aliphatic rings. The van der Waals surface area contributed by atoms with E-state index < -0.39 is 5.60 Å². The molecule has 1 heterocycles. The van der Waals surface area contributed by atoms with E-state index in [2.05, 4.69) is 0 Å². The van der Waals surface area contributed by atoms with Gasteiger partial charge in [0.25, 0.3) is 0 Å². The van der Waals surface area contributed by atoms with E-state index in [1.165, 1.54) is 0 Å². The summed E-state index contributed by atoms with van der Waals surface area (Å²) in [5, 5.41) is 18.2. The molecule has 2 unspecified atom stereocenters. The molecule has 12 heavy (non-hydrogen) atoms. The van der Waals surface area contributed by atoms with Gasteiger partial charge >= 0.3 is 5.97 Å². The molecule has 0 aromatic heterocycles. The first-order chi connectivity index (χ1) is 5.53. The van der Waals surface area contributed by atoms with Crippen molar-refractivity contribution in [2.45, 2.75) is 37.9 Å². The number of ether oxygens (including phenoxy) is 1. The highest BCUT2D eigenvalue weighted by Crippen LogP contribution is 2.26. The van der Waals surface area contributed by atoms with Crippen LogP contribution in [0.1, 0.15) is 26.2 Å². The average molecular weight is 174 g/mol. The number of cyclic esters (lactones) is 1. The minimum absolute atomic E-state index is 0.0198. The lowest BCUT2D eigenvalue weighted by molar-refractivity contribution is -0.169. The summed E-state index contributed by atoms with van der Waals surface area (Å²) in [5.41, 5.74) is -0.963. The molecule has 0 aromatic carbocycles. The Hall–Kier alpha value is -0.610. The monoisotopic (exact) mass is 174 g/mol. The fraction of sp³-hybridized carbons (Fsp3) is 0.875. The van der Waals surface area contributed by atoms with Crippen molar-refractivity contribution in [2.24, 2.45) is 0 Å². The maximum atomic E-state index is 10.9. The third-order valence-electron chi connectivity index (χ3n) is 1.94. The van der Waals surface area contributed by atoms with Crippen LogP contribution < -0.4 is 0 Å². The first-order valence-corrected chi connectivity index (χ1v) is 4.06. The second-order valence-electron chi connectivity index (χ2n) is 3.50. The Labute approximate surface area is 71.2 Å². The van der Waals surface area contributed by atoms with Crippen molar-refractivity contribution in [1.82, 2.24) is 0 Å². The van der Waals surface area contributed by atoms with Gasteiger partial charge in [-0.3, -0.25) is 4.79 Å². The summed E-state index contributed by atoms with van der Waals surface area (Å²) in [5.74, 6) is -0.385. The minimum Gasteiger partial charge on any atom is -0.462 e. The first-order valence-electron chi connectivity index (χ1n) is 4.06. The van der Waals surface area contributed by atoms with Crippen LogP contribution in [-0.4, -0.2) is 34.5 Å². The zero-order valence-electron chi connectivity index (χ0n) is 7.12. The summed E-state index contributed by atoms with van der Waals surface area (Å²) in [4.78, 5) is 10.9. The Balaban J connectivity index is 2.51. The zero-order chi connectivity index (χ0) is 9.19. The third-order valence-corrected chi connectivity index (χ3v) is 1.94. The Kier molecular flexibility index (Phi) is 2.69. The second-order valence-corrected chi connectivity index (χ2v) is 3.50. The largest absolute Gasteiger partial charge is 0.462 e. The summed E-state index contributed by atoms with van der Waals surface area (Å²) in [7, 11) is 0. The second kappa shape index (κ2) is 3.41. The van der Waals surface area contributed by atoms with E-state index in [9.17, 15) is 9.90 Å². The molecule has 2 N–H and O–H groups in total. The maximum Gasteiger partial charge on any atom is 0.308 e. The number of hydrogen-bond acceptors (Lipinski definition) is 4. The number of rotatable bonds is 2. The van der Waals surface area contributed by atoms with Crippen LogP contribution in [-0.2, 0) is 9.53 Å². The van der Waals surface area contributed by atoms with Gasteiger partial charge in [-0.05, 0) is 6.92 Å². The molecule has 4 heteroatoms. The number of aliphatic hydroxyl groups is 2. The number of carbonyl (C=O) groups excluding carboxylic acids is 1. The van der Waals surface area contributed by atoms with Crippen molar-refractivity contribution in [2.75, 3.05) is 6.61 Å². The van der Waals surface area contributed by atoms with Crippen molar-refractivity contribution in [3.05, 3.63) is 0 Å². The van der Waals surface area contributed by atoms with E-state index in [-0.39, 0.29) is 25.1 Å². The highest BCUT2D eigenvalue weighted by atomic mass is 16.5. The van der Waals surface area contributed by atoms with Crippen LogP contribution in [0.2, 0.25) is 0 Å². The molecule has 2 atom stereocenters. The Bertz CT molecular complexity index is 176. The summed E-state index contributed by atoms with van der Waals surface area (Å²) < 4.78 is 4.90. The SMILES string of the molecule is CC1(O)CC(=O)OC(CCO)C1. The normalized spacial score (nSPS) is 36.2. The summed E-state index contributed by atoms with van der Waals surface area (Å²) >= 11 is 0. The van der Waals surface area contributed by atoms with Crippen molar-refractivity contribution < 1.29 is 19.7 Å². The van der Waals surface area contributed by atoms with Gasteiger partial charge in [-0.25, -0.2) is 0 Å². The molecular formula is C8H14O4. The Morgan fingerprint density at radius 1 is 1.75 bits per heavy atom. The molecular weight excluding hydrogens is 160 g/mol. The van der Waals surface area contributed by atoms with Gasteiger partial charge in [0.05, 0.1) is 12.0 Å². The standard InChI is InChI=1S/C8H14O4/c1-8(11)4-6(2-3-9)12-7(10)5-8/h6,9,11H,2-5H2,1H3. The fourth-order valence-electron chi connectivity index (χ4n) is 1.45. The van der Waals surface area contributed by atoms with Gasteiger partial charge in [0.15, 0.2) is 0 Å². The van der Waals surface area contributed by atoms with Gasteiger partial charge < -0.3 is 14.9 Å². The molecule has 0 amide bonds. The molecule has 70 valence electrons. The molecule has 4 nitrogen and oxygen atoms in total. The van der Waals surface area contributed by atoms with Crippen molar-refractivity contribution in [3.8, 4) is 0 Å². The number of carbonyl (C=O) groups is 1. The summed E-state index contributed by atoms with van der Waals surface area (Å²) in [6.07, 6.45) is 0.544. The first kappa shape index (κ1) is 9.48. The van der Waals surface area contributed by atoms with E-state index in [1.54, 1.807) is 6.92 Å². The van der Waals surface area contributed by atoms with E-state index in [0.29, 0.717) is 12.8 Å². The lowest BCUT2D eigenvalue weighted by Crippen LogP contribution is -2.41. The van der Waals surface area contributed by atoms with Gasteiger partial charge in [-0.2, -0.15) is 0 Å². The predicted molar refractivity (Wildman–Crippen MR) is 41.4 cm³/mol. The van der Waals surface area contributed by atoms with Gasteiger partial charge in [-0.15, -0.1) is 0 Å². The predicted octanol–water partition coefficient (Wildman–Crippen LogP) is -0.175. The number of aliphatic hydroxyl groups excluding tert-OH is 1. The average Bonchev–Trinajstić information content (AvgIpc) is 1.82. The highest BCUT2D eigenvalue weighted by Gasteiger charge is 2.35. The smallest absolute Gasteiger partial charge is 0.308 e. The number of hydrogen-bond donors (Lipinski definition) is 2. The van der Waals surface area contributed by atoms with Gasteiger partial charge in [-0.1, -0.05) is 0 Å². The van der Waals surface area contributed by atoms with Crippen molar-refractivity contribution in [3.63, 3.8) is 0 Å². The van der Waals surface area contributed by atoms with Crippen LogP contribution in [0.25, 0.3) is 0 Å². The van der Waals surface area contributed by atoms with E-state index in [4.69, 9.17) is 9.84 Å². The molecule has 1 rings (SSSR count). The molecule has 0 saturated carbocycles. The minimum atomic E-state index is -0.963. The maximum absolute atomic E-state index is 10.9. The van der Waals surface area contributed by atoms with Gasteiger partial charge in [0.2, 0.25) is 0 Å². The fourth-order valence-corrected chi connectivity index (χ4v) is 1.45. The Morgan fingerprint density at radius 3 is 2.92 bits per heavy atom. The topological polar surface area (TPSA) is 66.8 Å². The Morgan fingerprint density at radius 2 is 2.42 bits per heavy atom. The van der Waals surface area contributed by atoms with E-state index >= 15 is 0 Å². The van der Waals surface area contributed by atoms with Crippen LogP contribution in [0.4, 0.5) is 0 Å². The molecule has 0 aliphatic carbocycles. The van der Waals surface area contributed by atoms with Crippen molar-refractivity contribution >= 4 is 5.97 Å². The summed E-state index contributed by atoms with van der Waals surface area (Å²) in [6, 6.07) is 0. The third kappa shape index (κ3) is 2.46. The number of esters is 1. The molecule has 0 aromatic rings. The molecule has 0 spiro atoms. The quantitative estimate of drug-likeness (QED) is 0.570. The molecule has 1 fully saturated rings. The molecule has 1 aliphatic heterocycles. The van der Waals surface area contributed by atoms with Crippen LogP contribution in [0.5, 0.6) is 0 Å². The van der Waals surface area contributed by atoms with Gasteiger partial charge in [0, 0.05) is 19.4 Å². The van der Waals surface area contributed by atoms with E-state index in [0.717, 1.165) is 0 Å². The van der Waals surface area contributed by atoms with E-state index in [1.807, 2.05) is 0 Å². The highest BCUT2D eigenvalue weighted by molar-refractivity contribution is 5.71. The zero-order valence-corrected chi connectivity index (χ0v) is 7.12. The molecule has 0 bridgehead atoms. The van der Waals surface area contributed by atoms with Crippen LogP contribution in [0, 0.1) is 0 Å². The lowest BCUT2D eigenvalue weighted by atomic mass is 9.91. The van der Waals surface area contributed by atoms with Crippen LogP contribution in [0.15, 0.2) is 0 Å². The molecule has 1 saturated heterocycles. The van der Waals surface area contributed by atoms with Crippen LogP contribution >= 0.6 is 0 Å². The van der Waals surface area contributed by atoms with Crippen molar-refractivity contribution in [1.29, 1.82) is 0 Å². The lowest BCUT2D eigenvalue weighted by Gasteiger charge is -2.32. The van der Waals surface area contributed by atoms with Gasteiger partial charge in [0.1, 0.15) is 6.10 Å².